The van der Waals surface area contributed by atoms with Crippen molar-refractivity contribution < 1.29 is 0 Å². The van der Waals surface area contributed by atoms with Crippen molar-refractivity contribution >= 4 is 194 Å². The Labute approximate surface area is 761 Å². The molecule has 0 spiro atoms. The summed E-state index contributed by atoms with van der Waals surface area (Å²) in [5, 5.41) is 47.4. The molecule has 30 aromatic rings. The van der Waals surface area contributed by atoms with Crippen LogP contribution in [0, 0.1) is 0 Å². The summed E-state index contributed by atoms with van der Waals surface area (Å²) < 4.78 is 0. The summed E-state index contributed by atoms with van der Waals surface area (Å²) in [6, 6.07) is 176. The Hall–Kier alpha value is -17.2. The van der Waals surface area contributed by atoms with E-state index in [4.69, 9.17) is 0 Å². The van der Waals surface area contributed by atoms with Crippen LogP contribution in [-0.2, 0) is 0 Å². The van der Waals surface area contributed by atoms with Gasteiger partial charge in [0.2, 0.25) is 0 Å². The molecular weight excluding hydrogens is 1590 g/mol. The van der Waals surface area contributed by atoms with E-state index in [1.54, 1.807) is 0 Å². The van der Waals surface area contributed by atoms with E-state index in [1.807, 2.05) is 0 Å². The van der Waals surface area contributed by atoms with Crippen LogP contribution in [0.4, 0.5) is 0 Å². The number of benzene rings is 30. The van der Waals surface area contributed by atoms with Gasteiger partial charge in [0.25, 0.3) is 0 Å². The summed E-state index contributed by atoms with van der Waals surface area (Å²) >= 11 is 0. The Morgan fingerprint density at radius 2 is 0.273 bits per heavy atom. The average molecular weight is 1660 g/mol. The van der Waals surface area contributed by atoms with E-state index in [0.29, 0.717) is 0 Å². The van der Waals surface area contributed by atoms with Crippen LogP contribution < -0.4 is 0 Å². The second-order valence-corrected chi connectivity index (χ2v) is 36.2. The van der Waals surface area contributed by atoms with E-state index in [1.165, 1.54) is 294 Å². The first-order valence-electron chi connectivity index (χ1n) is 46.0. The molecule has 0 unspecified atom stereocenters. The van der Waals surface area contributed by atoms with Gasteiger partial charge in [0, 0.05) is 0 Å². The minimum absolute atomic E-state index is 1.23. The van der Waals surface area contributed by atoms with E-state index in [9.17, 15) is 0 Å². The molecule has 0 amide bonds. The number of hydrogen-bond acceptors (Lipinski definition) is 0. The first kappa shape index (κ1) is 74.0. The van der Waals surface area contributed by atoms with Crippen molar-refractivity contribution in [2.45, 2.75) is 0 Å². The highest BCUT2D eigenvalue weighted by Crippen LogP contribution is 2.52. The van der Waals surface area contributed by atoms with Crippen LogP contribution in [-0.4, -0.2) is 0 Å². The fourth-order valence-corrected chi connectivity index (χ4v) is 23.2. The van der Waals surface area contributed by atoms with Crippen molar-refractivity contribution in [3.8, 4) is 100 Å². The standard InChI is InChI=1S/3C44H26/c1-2-6-27(7-3-1)35-22-20-34(36-21-16-32-14-12-28-8-4-10-30-18-24-38(36)43(32)41(28)30)26-40(35)37-23-17-33-15-13-29-9-5-11-31-19-25-39(37)44(33)42(29)31;1-2-6-27(7-3-1)40-26-34(35-21-16-32-14-12-28-8-4-10-30-18-24-38(35)43(32)41(28)30)20-23-37(40)36-22-17-33-15-13-29-9-5-11-31-19-25-39(36)44(33)42(29)31;1-2-6-27(7-3-1)34-24-35(37-20-16-32-14-12-28-8-4-10-30-18-22-39(37)43(32)41(28)30)26-36(25-34)38-21-17-33-15-13-29-9-5-11-31-19-23-40(38)44(33)42(29)31/h3*1-26H. The lowest BCUT2D eigenvalue weighted by molar-refractivity contribution is 1.59. The SMILES string of the molecule is c1ccc(-c2cc(-c3ccc4ccc5cccc6ccc3c4c56)cc(-c3ccc4ccc5cccc6ccc3c4c56)c2)cc1.c1ccc(-c2cc(-c3ccc4ccc5cccc6ccc3c4c56)ccc2-c2ccc3ccc4cccc5ccc2c3c45)cc1.c1ccc(-c2ccc(-c3ccc4ccc5cccc6ccc3c4c56)cc2-c2ccc3ccc4cccc5ccc2c3c45)cc1. The monoisotopic (exact) mass is 1660 g/mol. The smallest absolute Gasteiger partial charge is 0.00206 e. The molecule has 0 atom stereocenters. The summed E-state index contributed by atoms with van der Waals surface area (Å²) in [5.74, 6) is 0. The van der Waals surface area contributed by atoms with Gasteiger partial charge in [-0.05, 0) is 324 Å². The van der Waals surface area contributed by atoms with Crippen LogP contribution in [0.2, 0.25) is 0 Å². The Bertz CT molecular complexity index is 9630. The van der Waals surface area contributed by atoms with Crippen molar-refractivity contribution in [2.24, 2.45) is 0 Å². The lowest BCUT2D eigenvalue weighted by Crippen LogP contribution is -1.92. The molecule has 0 saturated heterocycles. The quantitative estimate of drug-likeness (QED) is 0.126. The maximum Gasteiger partial charge on any atom is -0.00206 e. The second-order valence-electron chi connectivity index (χ2n) is 36.2. The zero-order valence-corrected chi connectivity index (χ0v) is 72.0. The largest absolute Gasteiger partial charge is 0.0622 e. The molecule has 30 aromatic carbocycles. The zero-order valence-electron chi connectivity index (χ0n) is 72.0. The van der Waals surface area contributed by atoms with Gasteiger partial charge >= 0.3 is 0 Å². The van der Waals surface area contributed by atoms with E-state index >= 15 is 0 Å². The Morgan fingerprint density at radius 3 is 0.568 bits per heavy atom. The summed E-state index contributed by atoms with van der Waals surface area (Å²) in [4.78, 5) is 0. The predicted molar refractivity (Wildman–Crippen MR) is 570 cm³/mol. The molecule has 132 heavy (non-hydrogen) atoms. The molecule has 606 valence electrons. The fraction of sp³-hybridized carbons (Fsp3) is 0. The third kappa shape index (κ3) is 11.5. The van der Waals surface area contributed by atoms with Crippen LogP contribution in [0.25, 0.3) is 294 Å². The maximum absolute atomic E-state index is 2.43. The topological polar surface area (TPSA) is 0 Å². The maximum atomic E-state index is 2.43. The molecule has 0 aromatic heterocycles. The van der Waals surface area contributed by atoms with Gasteiger partial charge in [0.1, 0.15) is 0 Å². The predicted octanol–water partition coefficient (Wildman–Crippen LogP) is 37.4. The zero-order chi connectivity index (χ0) is 86.3. The third-order valence-electron chi connectivity index (χ3n) is 29.2. The van der Waals surface area contributed by atoms with Gasteiger partial charge in [0.15, 0.2) is 0 Å². The van der Waals surface area contributed by atoms with Gasteiger partial charge in [-0.2, -0.15) is 0 Å². The molecule has 0 saturated carbocycles. The van der Waals surface area contributed by atoms with Crippen LogP contribution in [0.5, 0.6) is 0 Å². The summed E-state index contributed by atoms with van der Waals surface area (Å²) in [6.07, 6.45) is 0. The first-order chi connectivity index (χ1) is 65.4. The highest BCUT2D eigenvalue weighted by molar-refractivity contribution is 6.32. The van der Waals surface area contributed by atoms with Crippen LogP contribution >= 0.6 is 0 Å². The Balaban J connectivity index is 0.0000000991. The summed E-state index contributed by atoms with van der Waals surface area (Å²) in [7, 11) is 0. The van der Waals surface area contributed by atoms with E-state index < -0.39 is 0 Å². The Kier molecular flexibility index (Phi) is 16.4. The minimum Gasteiger partial charge on any atom is -0.0622 e. The molecule has 0 nitrogen and oxygen atoms in total. The molecule has 0 fully saturated rings. The van der Waals surface area contributed by atoms with E-state index in [-0.39, 0.29) is 0 Å². The molecule has 0 heterocycles. The minimum atomic E-state index is 1.23. The average Bonchev–Trinajstić information content (AvgIpc) is 0.739. The molecule has 0 heteroatoms. The van der Waals surface area contributed by atoms with Gasteiger partial charge < -0.3 is 0 Å². The molecule has 0 aliphatic heterocycles. The fourth-order valence-electron chi connectivity index (χ4n) is 23.2. The van der Waals surface area contributed by atoms with Crippen molar-refractivity contribution in [3.63, 3.8) is 0 Å². The van der Waals surface area contributed by atoms with Crippen LogP contribution in [0.3, 0.4) is 0 Å². The number of rotatable bonds is 9. The van der Waals surface area contributed by atoms with Gasteiger partial charge in [-0.1, -0.05) is 443 Å². The van der Waals surface area contributed by atoms with Crippen LogP contribution in [0.15, 0.2) is 473 Å². The highest BCUT2D eigenvalue weighted by Gasteiger charge is 2.24. The van der Waals surface area contributed by atoms with Crippen molar-refractivity contribution in [1.82, 2.24) is 0 Å². The van der Waals surface area contributed by atoms with Crippen molar-refractivity contribution in [1.29, 1.82) is 0 Å². The molecule has 30 rings (SSSR count). The van der Waals surface area contributed by atoms with Crippen LogP contribution in [0.1, 0.15) is 0 Å². The van der Waals surface area contributed by atoms with Crippen molar-refractivity contribution in [2.75, 3.05) is 0 Å². The molecule has 0 radical (unpaired) electrons. The van der Waals surface area contributed by atoms with Gasteiger partial charge in [-0.25, -0.2) is 0 Å². The lowest BCUT2D eigenvalue weighted by atomic mass is 9.85. The molecule has 0 aliphatic rings. The number of hydrogen-bond donors (Lipinski definition) is 0. The van der Waals surface area contributed by atoms with E-state index in [2.05, 4.69) is 473 Å². The normalized spacial score (nSPS) is 12.1. The second kappa shape index (κ2) is 29.2. The van der Waals surface area contributed by atoms with Gasteiger partial charge in [-0.15, -0.1) is 0 Å². The molecule has 0 aliphatic carbocycles. The lowest BCUT2D eigenvalue weighted by Gasteiger charge is -2.19. The van der Waals surface area contributed by atoms with Gasteiger partial charge in [-0.3, -0.25) is 0 Å². The summed E-state index contributed by atoms with van der Waals surface area (Å²) in [6.45, 7) is 0. The molecule has 0 bridgehead atoms. The first-order valence-corrected chi connectivity index (χ1v) is 46.0. The molecule has 0 N–H and O–H groups in total. The Morgan fingerprint density at radius 1 is 0.0758 bits per heavy atom. The van der Waals surface area contributed by atoms with Gasteiger partial charge in [0.05, 0.1) is 0 Å². The van der Waals surface area contributed by atoms with Crippen molar-refractivity contribution in [3.05, 3.63) is 473 Å². The van der Waals surface area contributed by atoms with E-state index in [0.717, 1.165) is 0 Å². The summed E-state index contributed by atoms with van der Waals surface area (Å²) in [5.41, 5.74) is 22.5. The highest BCUT2D eigenvalue weighted by atomic mass is 14.3. The third-order valence-corrected chi connectivity index (χ3v) is 29.2. The molecular formula is C132H78.